The van der Waals surface area contributed by atoms with Crippen molar-refractivity contribution in [2.75, 3.05) is 25.7 Å². The van der Waals surface area contributed by atoms with Crippen molar-refractivity contribution in [2.45, 2.75) is 13.0 Å². The standard InChI is InChI=1S/C15H16N6O2/c1-22-12-7-10-5-6-20(9-11(10)8-13(12)23-2)15-4-3-14-16-18-19-21(14)17-15/h3-4,7-8H,5-6,9H2,1-2H3. The number of anilines is 1. The molecule has 0 aliphatic carbocycles. The summed E-state index contributed by atoms with van der Waals surface area (Å²) in [6.07, 6.45) is 0.922. The molecule has 3 aromatic rings. The molecule has 8 nitrogen and oxygen atoms in total. The van der Waals surface area contributed by atoms with Gasteiger partial charge in [-0.3, -0.25) is 0 Å². The normalized spacial score (nSPS) is 13.9. The predicted molar refractivity (Wildman–Crippen MR) is 82.9 cm³/mol. The van der Waals surface area contributed by atoms with E-state index in [9.17, 15) is 0 Å². The highest BCUT2D eigenvalue weighted by Gasteiger charge is 2.21. The van der Waals surface area contributed by atoms with Gasteiger partial charge in [0.05, 0.1) is 14.2 Å². The van der Waals surface area contributed by atoms with E-state index >= 15 is 0 Å². The van der Waals surface area contributed by atoms with Gasteiger partial charge in [-0.15, -0.1) is 14.8 Å². The van der Waals surface area contributed by atoms with Crippen molar-refractivity contribution in [3.8, 4) is 11.5 Å². The van der Waals surface area contributed by atoms with Gasteiger partial charge in [0, 0.05) is 13.1 Å². The maximum Gasteiger partial charge on any atom is 0.200 e. The third kappa shape index (κ3) is 2.32. The molecule has 0 spiro atoms. The molecule has 0 amide bonds. The minimum Gasteiger partial charge on any atom is -0.493 e. The molecule has 4 rings (SSSR count). The van der Waals surface area contributed by atoms with Gasteiger partial charge >= 0.3 is 0 Å². The fraction of sp³-hybridized carbons (Fsp3) is 0.333. The van der Waals surface area contributed by atoms with Crippen molar-refractivity contribution in [1.82, 2.24) is 25.3 Å². The summed E-state index contributed by atoms with van der Waals surface area (Å²) in [5.41, 5.74) is 3.13. The Kier molecular flexibility index (Phi) is 3.22. The summed E-state index contributed by atoms with van der Waals surface area (Å²) in [5.74, 6) is 2.37. The van der Waals surface area contributed by atoms with Gasteiger partial charge in [0.25, 0.3) is 0 Å². The average Bonchev–Trinajstić information content (AvgIpc) is 3.07. The number of fused-ring (bicyclic) bond motifs is 2. The Balaban J connectivity index is 1.67. The number of nitrogens with zero attached hydrogens (tertiary/aromatic N) is 6. The van der Waals surface area contributed by atoms with Gasteiger partial charge in [-0.1, -0.05) is 0 Å². The van der Waals surface area contributed by atoms with Gasteiger partial charge in [-0.2, -0.15) is 0 Å². The third-order valence-electron chi connectivity index (χ3n) is 4.10. The monoisotopic (exact) mass is 312 g/mol. The zero-order valence-corrected chi connectivity index (χ0v) is 12.9. The average molecular weight is 312 g/mol. The highest BCUT2D eigenvalue weighted by molar-refractivity contribution is 5.52. The van der Waals surface area contributed by atoms with Crippen LogP contribution < -0.4 is 14.4 Å². The Morgan fingerprint density at radius 3 is 2.61 bits per heavy atom. The molecule has 3 heterocycles. The summed E-state index contributed by atoms with van der Waals surface area (Å²) < 4.78 is 12.2. The van der Waals surface area contributed by atoms with Crippen LogP contribution in [0.1, 0.15) is 11.1 Å². The zero-order chi connectivity index (χ0) is 15.8. The lowest BCUT2D eigenvalue weighted by Crippen LogP contribution is -2.31. The van der Waals surface area contributed by atoms with Crippen LogP contribution in [0.2, 0.25) is 0 Å². The Morgan fingerprint density at radius 2 is 1.83 bits per heavy atom. The lowest BCUT2D eigenvalue weighted by molar-refractivity contribution is 0.353. The largest absolute Gasteiger partial charge is 0.493 e. The first-order chi connectivity index (χ1) is 11.3. The van der Waals surface area contributed by atoms with Gasteiger partial charge in [0.15, 0.2) is 23.0 Å². The molecule has 2 aromatic heterocycles. The number of benzene rings is 1. The summed E-state index contributed by atoms with van der Waals surface area (Å²) in [6, 6.07) is 7.91. The minimum absolute atomic E-state index is 0.637. The molecule has 118 valence electrons. The molecule has 0 saturated carbocycles. The van der Waals surface area contributed by atoms with Crippen molar-refractivity contribution in [1.29, 1.82) is 0 Å². The molecule has 0 radical (unpaired) electrons. The lowest BCUT2D eigenvalue weighted by Gasteiger charge is -2.30. The van der Waals surface area contributed by atoms with E-state index in [1.165, 1.54) is 15.8 Å². The Morgan fingerprint density at radius 1 is 1.04 bits per heavy atom. The third-order valence-corrected chi connectivity index (χ3v) is 4.10. The van der Waals surface area contributed by atoms with Crippen LogP contribution in [-0.2, 0) is 13.0 Å². The first-order valence-electron chi connectivity index (χ1n) is 7.32. The van der Waals surface area contributed by atoms with E-state index in [0.717, 1.165) is 36.8 Å². The number of aromatic nitrogens is 5. The van der Waals surface area contributed by atoms with Crippen molar-refractivity contribution >= 4 is 11.5 Å². The fourth-order valence-electron chi connectivity index (χ4n) is 2.89. The zero-order valence-electron chi connectivity index (χ0n) is 12.9. The van der Waals surface area contributed by atoms with Crippen LogP contribution in [0.15, 0.2) is 24.3 Å². The second-order valence-electron chi connectivity index (χ2n) is 5.37. The molecule has 1 aromatic carbocycles. The van der Waals surface area contributed by atoms with Crippen molar-refractivity contribution < 1.29 is 9.47 Å². The van der Waals surface area contributed by atoms with Crippen molar-refractivity contribution in [2.24, 2.45) is 0 Å². The van der Waals surface area contributed by atoms with E-state index in [4.69, 9.17) is 9.47 Å². The molecule has 0 bridgehead atoms. The molecule has 23 heavy (non-hydrogen) atoms. The highest BCUT2D eigenvalue weighted by atomic mass is 16.5. The molecular formula is C15H16N6O2. The number of methoxy groups -OCH3 is 2. The summed E-state index contributed by atoms with van der Waals surface area (Å²) in [6.45, 7) is 1.64. The van der Waals surface area contributed by atoms with E-state index < -0.39 is 0 Å². The van der Waals surface area contributed by atoms with Gasteiger partial charge in [-0.25, -0.2) is 0 Å². The minimum atomic E-state index is 0.637. The quantitative estimate of drug-likeness (QED) is 0.716. The molecule has 0 unspecified atom stereocenters. The molecule has 0 saturated heterocycles. The number of hydrogen-bond donors (Lipinski definition) is 0. The van der Waals surface area contributed by atoms with Gasteiger partial charge in [-0.05, 0) is 52.2 Å². The predicted octanol–water partition coefficient (Wildman–Crippen LogP) is 1.10. The van der Waals surface area contributed by atoms with E-state index in [-0.39, 0.29) is 0 Å². The molecular weight excluding hydrogens is 296 g/mol. The number of rotatable bonds is 3. The lowest BCUT2D eigenvalue weighted by atomic mass is 9.99. The second-order valence-corrected chi connectivity index (χ2v) is 5.37. The molecule has 0 atom stereocenters. The van der Waals surface area contributed by atoms with Gasteiger partial charge < -0.3 is 14.4 Å². The first kappa shape index (κ1) is 13.7. The van der Waals surface area contributed by atoms with Crippen LogP contribution in [-0.4, -0.2) is 46.0 Å². The van der Waals surface area contributed by atoms with E-state index in [1.54, 1.807) is 14.2 Å². The second kappa shape index (κ2) is 5.38. The number of hydrogen-bond acceptors (Lipinski definition) is 7. The highest BCUT2D eigenvalue weighted by Crippen LogP contribution is 2.34. The SMILES string of the molecule is COc1cc2c(cc1OC)CN(c1ccc3nnnn3n1)CC2. The van der Waals surface area contributed by atoms with Crippen molar-refractivity contribution in [3.05, 3.63) is 35.4 Å². The number of tetrazole rings is 1. The molecule has 8 heteroatoms. The summed E-state index contributed by atoms with van der Waals surface area (Å²) >= 11 is 0. The van der Waals surface area contributed by atoms with E-state index in [1.807, 2.05) is 18.2 Å². The summed E-state index contributed by atoms with van der Waals surface area (Å²) in [7, 11) is 3.31. The molecule has 0 fully saturated rings. The smallest absolute Gasteiger partial charge is 0.200 e. The van der Waals surface area contributed by atoms with E-state index in [0.29, 0.717) is 5.65 Å². The van der Waals surface area contributed by atoms with Crippen LogP contribution in [0.5, 0.6) is 11.5 Å². The summed E-state index contributed by atoms with van der Waals surface area (Å²) in [5, 5.41) is 15.8. The Hall–Kier alpha value is -2.90. The molecule has 1 aliphatic heterocycles. The van der Waals surface area contributed by atoms with Gasteiger partial charge in [0.1, 0.15) is 0 Å². The topological polar surface area (TPSA) is 77.7 Å². The summed E-state index contributed by atoms with van der Waals surface area (Å²) in [4.78, 5) is 2.20. The fourth-order valence-corrected chi connectivity index (χ4v) is 2.89. The molecule has 1 aliphatic rings. The van der Waals surface area contributed by atoms with Crippen LogP contribution in [0.3, 0.4) is 0 Å². The maximum absolute atomic E-state index is 5.40. The van der Waals surface area contributed by atoms with Crippen molar-refractivity contribution in [3.63, 3.8) is 0 Å². The molecule has 0 N–H and O–H groups in total. The Bertz CT molecular complexity index is 862. The number of ether oxygens (including phenoxy) is 2. The Labute approximate surface area is 132 Å². The van der Waals surface area contributed by atoms with Crippen LogP contribution >= 0.6 is 0 Å². The van der Waals surface area contributed by atoms with Crippen LogP contribution in [0, 0.1) is 0 Å². The first-order valence-corrected chi connectivity index (χ1v) is 7.32. The van der Waals surface area contributed by atoms with Crippen LogP contribution in [0.25, 0.3) is 5.65 Å². The van der Waals surface area contributed by atoms with Gasteiger partial charge in [0.2, 0.25) is 0 Å². The van der Waals surface area contributed by atoms with E-state index in [2.05, 4.69) is 31.6 Å². The maximum atomic E-state index is 5.40. The van der Waals surface area contributed by atoms with Crippen LogP contribution in [0.4, 0.5) is 5.82 Å².